The average molecular weight is 250 g/mol. The largest absolute Gasteiger partial charge is 0.469 e. The summed E-state index contributed by atoms with van der Waals surface area (Å²) >= 11 is 0. The summed E-state index contributed by atoms with van der Waals surface area (Å²) in [6.45, 7) is 3.64. The molecule has 0 fully saturated rings. The van der Waals surface area contributed by atoms with Gasteiger partial charge < -0.3 is 4.74 Å². The molecule has 0 aromatic heterocycles. The molecule has 0 radical (unpaired) electrons. The number of allylic oxidation sites excluding steroid dienone is 2. The monoisotopic (exact) mass is 250 g/mol. The number of carbonyl (C=O) groups is 2. The summed E-state index contributed by atoms with van der Waals surface area (Å²) in [7, 11) is 1.40. The Hall–Kier alpha value is -1.56. The van der Waals surface area contributed by atoms with E-state index in [0.29, 0.717) is 18.8 Å². The number of hydrogen-bond donors (Lipinski definition) is 0. The molecule has 1 atom stereocenters. The summed E-state index contributed by atoms with van der Waals surface area (Å²) in [5.41, 5.74) is 0. The van der Waals surface area contributed by atoms with E-state index in [-0.39, 0.29) is 11.8 Å². The van der Waals surface area contributed by atoms with Crippen molar-refractivity contribution in [2.45, 2.75) is 46.0 Å². The Balaban J connectivity index is 3.96. The number of esters is 1. The molecule has 0 saturated carbocycles. The summed E-state index contributed by atoms with van der Waals surface area (Å²) in [5.74, 6) is 6.35. The molecule has 0 N–H and O–H groups in total. The predicted octanol–water partition coefficient (Wildman–Crippen LogP) is 2.89. The van der Waals surface area contributed by atoms with E-state index >= 15 is 0 Å². The molecule has 3 heteroatoms. The van der Waals surface area contributed by atoms with Crippen molar-refractivity contribution in [2.24, 2.45) is 5.92 Å². The van der Waals surface area contributed by atoms with E-state index < -0.39 is 0 Å². The molecule has 0 amide bonds. The summed E-state index contributed by atoms with van der Waals surface area (Å²) < 4.78 is 4.58. The maximum atomic E-state index is 10.9. The number of ether oxygens (including phenoxy) is 1. The van der Waals surface area contributed by atoms with Gasteiger partial charge in [-0.15, -0.1) is 0 Å². The number of carbonyl (C=O) groups excluding carboxylic acids is 2. The number of rotatable bonds is 7. The van der Waals surface area contributed by atoms with E-state index in [0.717, 1.165) is 19.3 Å². The van der Waals surface area contributed by atoms with Gasteiger partial charge >= 0.3 is 5.97 Å². The van der Waals surface area contributed by atoms with Gasteiger partial charge in [0.1, 0.15) is 5.78 Å². The van der Waals surface area contributed by atoms with Gasteiger partial charge in [0.05, 0.1) is 7.11 Å². The minimum atomic E-state index is -0.167. The van der Waals surface area contributed by atoms with Gasteiger partial charge in [0.2, 0.25) is 0 Å². The van der Waals surface area contributed by atoms with Crippen molar-refractivity contribution >= 4 is 11.8 Å². The molecule has 0 aromatic carbocycles. The molecule has 0 rings (SSSR count). The van der Waals surface area contributed by atoms with Crippen LogP contribution in [0.1, 0.15) is 46.0 Å². The molecule has 18 heavy (non-hydrogen) atoms. The van der Waals surface area contributed by atoms with Crippen LogP contribution in [0.25, 0.3) is 0 Å². The van der Waals surface area contributed by atoms with E-state index in [1.165, 1.54) is 7.11 Å². The summed E-state index contributed by atoms with van der Waals surface area (Å²) in [5, 5.41) is 0. The van der Waals surface area contributed by atoms with Crippen LogP contribution in [0.15, 0.2) is 12.2 Å². The third-order valence-corrected chi connectivity index (χ3v) is 2.55. The van der Waals surface area contributed by atoms with Gasteiger partial charge in [-0.3, -0.25) is 9.59 Å². The van der Waals surface area contributed by atoms with Gasteiger partial charge in [-0.2, -0.15) is 0 Å². The van der Waals surface area contributed by atoms with E-state index in [2.05, 4.69) is 23.5 Å². The fourth-order valence-corrected chi connectivity index (χ4v) is 1.42. The maximum Gasteiger partial charge on any atom is 0.305 e. The minimum absolute atomic E-state index is 0.137. The Morgan fingerprint density at radius 3 is 2.67 bits per heavy atom. The SMILES string of the molecule is CCC(C#CC=CCC(C)=O)CCCC(=O)OC. The highest BCUT2D eigenvalue weighted by Gasteiger charge is 2.04. The summed E-state index contributed by atoms with van der Waals surface area (Å²) in [6, 6.07) is 0. The normalized spacial score (nSPS) is 11.7. The number of Topliss-reactive ketones (excluding diaryl/α,β-unsaturated/α-hetero) is 1. The number of hydrogen-bond acceptors (Lipinski definition) is 3. The lowest BCUT2D eigenvalue weighted by Gasteiger charge is -2.06. The predicted molar refractivity (Wildman–Crippen MR) is 71.9 cm³/mol. The van der Waals surface area contributed by atoms with E-state index in [9.17, 15) is 9.59 Å². The van der Waals surface area contributed by atoms with Gasteiger partial charge in [-0.1, -0.05) is 24.8 Å². The summed E-state index contributed by atoms with van der Waals surface area (Å²) in [6.07, 6.45) is 7.06. The van der Waals surface area contributed by atoms with Crippen LogP contribution in [0.5, 0.6) is 0 Å². The molecule has 0 bridgehead atoms. The number of methoxy groups -OCH3 is 1. The van der Waals surface area contributed by atoms with Crippen molar-refractivity contribution < 1.29 is 14.3 Å². The third-order valence-electron chi connectivity index (χ3n) is 2.55. The van der Waals surface area contributed by atoms with Crippen molar-refractivity contribution in [1.29, 1.82) is 0 Å². The van der Waals surface area contributed by atoms with Gasteiger partial charge in [-0.05, 0) is 32.3 Å². The quantitative estimate of drug-likeness (QED) is 0.515. The Kier molecular flexibility index (Phi) is 9.67. The first kappa shape index (κ1) is 16.4. The molecule has 0 aliphatic carbocycles. The number of ketones is 1. The van der Waals surface area contributed by atoms with Crippen LogP contribution in [0.2, 0.25) is 0 Å². The molecule has 0 aliphatic heterocycles. The highest BCUT2D eigenvalue weighted by molar-refractivity contribution is 5.77. The Labute approximate surface area is 110 Å². The Morgan fingerprint density at radius 1 is 1.39 bits per heavy atom. The lowest BCUT2D eigenvalue weighted by atomic mass is 10.00. The molecule has 0 heterocycles. The van der Waals surface area contributed by atoms with Crippen molar-refractivity contribution in [3.8, 4) is 11.8 Å². The third kappa shape index (κ3) is 9.65. The van der Waals surface area contributed by atoms with Gasteiger partial charge in [0, 0.05) is 18.8 Å². The van der Waals surface area contributed by atoms with E-state index in [1.807, 2.05) is 0 Å². The van der Waals surface area contributed by atoms with Crippen LogP contribution >= 0.6 is 0 Å². The van der Waals surface area contributed by atoms with Crippen molar-refractivity contribution in [3.05, 3.63) is 12.2 Å². The zero-order valence-corrected chi connectivity index (χ0v) is 11.5. The fraction of sp³-hybridized carbons (Fsp3) is 0.600. The first-order valence-corrected chi connectivity index (χ1v) is 6.32. The van der Waals surface area contributed by atoms with Crippen LogP contribution in [-0.2, 0) is 14.3 Å². The topological polar surface area (TPSA) is 43.4 Å². The molecule has 3 nitrogen and oxygen atoms in total. The summed E-state index contributed by atoms with van der Waals surface area (Å²) in [4.78, 5) is 21.6. The zero-order valence-electron chi connectivity index (χ0n) is 11.5. The zero-order chi connectivity index (χ0) is 13.8. The molecule has 0 aromatic rings. The molecular formula is C15H22O3. The molecule has 0 aliphatic rings. The van der Waals surface area contributed by atoms with E-state index in [1.54, 1.807) is 19.1 Å². The van der Waals surface area contributed by atoms with Crippen molar-refractivity contribution in [3.63, 3.8) is 0 Å². The fourth-order valence-electron chi connectivity index (χ4n) is 1.42. The highest BCUT2D eigenvalue weighted by Crippen LogP contribution is 2.11. The highest BCUT2D eigenvalue weighted by atomic mass is 16.5. The standard InChI is InChI=1S/C15H22O3/c1-4-14(11-8-12-15(17)18-3)10-7-5-6-9-13(2)16/h5-6,14H,4,8-9,11-12H2,1-3H3. The lowest BCUT2D eigenvalue weighted by Crippen LogP contribution is -2.02. The van der Waals surface area contributed by atoms with E-state index in [4.69, 9.17) is 0 Å². The second-order valence-corrected chi connectivity index (χ2v) is 4.17. The molecule has 100 valence electrons. The van der Waals surface area contributed by atoms with Crippen LogP contribution in [0.4, 0.5) is 0 Å². The smallest absolute Gasteiger partial charge is 0.305 e. The average Bonchev–Trinajstić information content (AvgIpc) is 2.35. The van der Waals surface area contributed by atoms with Crippen LogP contribution in [-0.4, -0.2) is 18.9 Å². The van der Waals surface area contributed by atoms with Crippen LogP contribution in [0, 0.1) is 17.8 Å². The Morgan fingerprint density at radius 2 is 2.11 bits per heavy atom. The van der Waals surface area contributed by atoms with Gasteiger partial charge in [-0.25, -0.2) is 0 Å². The van der Waals surface area contributed by atoms with Gasteiger partial charge in [0.15, 0.2) is 0 Å². The minimum Gasteiger partial charge on any atom is -0.469 e. The van der Waals surface area contributed by atoms with Crippen molar-refractivity contribution in [1.82, 2.24) is 0 Å². The first-order chi connectivity index (χ1) is 8.60. The molecule has 1 unspecified atom stereocenters. The Bertz CT molecular complexity index is 344. The van der Waals surface area contributed by atoms with Crippen LogP contribution < -0.4 is 0 Å². The van der Waals surface area contributed by atoms with Crippen molar-refractivity contribution in [2.75, 3.05) is 7.11 Å². The first-order valence-electron chi connectivity index (χ1n) is 6.32. The second kappa shape index (κ2) is 10.6. The maximum absolute atomic E-state index is 10.9. The lowest BCUT2D eigenvalue weighted by molar-refractivity contribution is -0.140. The molecule has 0 saturated heterocycles. The second-order valence-electron chi connectivity index (χ2n) is 4.17. The van der Waals surface area contributed by atoms with Gasteiger partial charge in [0.25, 0.3) is 0 Å². The molecule has 0 spiro atoms. The molecular weight excluding hydrogens is 228 g/mol. The van der Waals surface area contributed by atoms with Crippen LogP contribution in [0.3, 0.4) is 0 Å².